The number of nitrogens with zero attached hydrogens (tertiary/aromatic N) is 1. The molecule has 0 spiro atoms. The first kappa shape index (κ1) is 25.0. The van der Waals surface area contributed by atoms with Crippen LogP contribution in [-0.4, -0.2) is 61.7 Å². The van der Waals surface area contributed by atoms with E-state index in [2.05, 4.69) is 10.6 Å². The molecule has 1 aromatic carbocycles. The number of thioether (sulfide) groups is 1. The minimum Gasteiger partial charge on any atom is -0.352 e. The maximum Gasteiger partial charge on any atom is 0.243 e. The Morgan fingerprint density at radius 1 is 1.12 bits per heavy atom. The number of rotatable bonds is 9. The van der Waals surface area contributed by atoms with Crippen LogP contribution in [0.25, 0.3) is 0 Å². The van der Waals surface area contributed by atoms with E-state index in [9.17, 15) is 22.4 Å². The zero-order valence-corrected chi connectivity index (χ0v) is 20.0. The lowest BCUT2D eigenvalue weighted by Gasteiger charge is -2.31. The summed E-state index contributed by atoms with van der Waals surface area (Å²) in [6.07, 6.45) is 7.48. The Kier molecular flexibility index (Phi) is 8.95. The van der Waals surface area contributed by atoms with Crippen LogP contribution >= 0.6 is 11.8 Å². The molecule has 1 saturated heterocycles. The minimum atomic E-state index is -3.72. The molecule has 2 N–H and O–H groups in total. The maximum atomic E-state index is 13.1. The average Bonchev–Trinajstić information content (AvgIpc) is 3.29. The number of carbonyl (C=O) groups excluding carboxylic acids is 2. The second-order valence-corrected chi connectivity index (χ2v) is 11.4. The van der Waals surface area contributed by atoms with Gasteiger partial charge in [-0.25, -0.2) is 12.8 Å². The molecule has 1 aliphatic heterocycles. The lowest BCUT2D eigenvalue weighted by Crippen LogP contribution is -2.52. The third-order valence-corrected chi connectivity index (χ3v) is 8.78. The van der Waals surface area contributed by atoms with Gasteiger partial charge in [0.2, 0.25) is 21.8 Å². The van der Waals surface area contributed by atoms with Crippen molar-refractivity contribution in [1.29, 1.82) is 0 Å². The highest BCUT2D eigenvalue weighted by molar-refractivity contribution is 7.98. The number of nitrogens with one attached hydrogen (secondary N) is 2. The standard InChI is InChI=1S/C22H32FN3O4S2/c1-31-15-12-20(22(28)24-18-4-2-3-5-18)25-21(27)16-10-13-26(14-11-16)32(29,30)19-8-6-17(23)7-9-19/h6-9,16,18,20H,2-5,10-15H2,1H3,(H,24,28)(H,25,27). The Labute approximate surface area is 193 Å². The smallest absolute Gasteiger partial charge is 0.243 e. The zero-order chi connectivity index (χ0) is 23.1. The molecule has 7 nitrogen and oxygen atoms in total. The second-order valence-electron chi connectivity index (χ2n) is 8.46. The second kappa shape index (κ2) is 11.5. The normalized spacial score (nSPS) is 19.6. The molecule has 3 rings (SSSR count). The molecule has 0 radical (unpaired) electrons. The number of carbonyl (C=O) groups is 2. The minimum absolute atomic E-state index is 0.0440. The summed E-state index contributed by atoms with van der Waals surface area (Å²) in [4.78, 5) is 25.7. The van der Waals surface area contributed by atoms with Gasteiger partial charge in [0.15, 0.2) is 0 Å². The summed E-state index contributed by atoms with van der Waals surface area (Å²) in [7, 11) is -3.72. The molecule has 1 heterocycles. The molecule has 10 heteroatoms. The molecule has 0 bridgehead atoms. The Morgan fingerprint density at radius 3 is 2.34 bits per heavy atom. The third-order valence-electron chi connectivity index (χ3n) is 6.22. The first-order valence-electron chi connectivity index (χ1n) is 11.2. The van der Waals surface area contributed by atoms with Crippen molar-refractivity contribution in [2.45, 2.75) is 61.9 Å². The first-order valence-corrected chi connectivity index (χ1v) is 14.0. The average molecular weight is 486 g/mol. The van der Waals surface area contributed by atoms with Crippen LogP contribution in [0.2, 0.25) is 0 Å². The van der Waals surface area contributed by atoms with E-state index in [1.807, 2.05) is 6.26 Å². The highest BCUT2D eigenvalue weighted by Crippen LogP contribution is 2.24. The molecule has 178 valence electrons. The fourth-order valence-electron chi connectivity index (χ4n) is 4.28. The van der Waals surface area contributed by atoms with Gasteiger partial charge in [0.25, 0.3) is 0 Å². The molecule has 1 unspecified atom stereocenters. The summed E-state index contributed by atoms with van der Waals surface area (Å²) < 4.78 is 40.0. The van der Waals surface area contributed by atoms with Gasteiger partial charge in [-0.15, -0.1) is 0 Å². The summed E-state index contributed by atoms with van der Waals surface area (Å²) in [6, 6.07) is 4.37. The Bertz CT molecular complexity index is 881. The van der Waals surface area contributed by atoms with Gasteiger partial charge in [0, 0.05) is 25.0 Å². The molecule has 2 amide bonds. The lowest BCUT2D eigenvalue weighted by molar-refractivity contribution is -0.132. The van der Waals surface area contributed by atoms with E-state index < -0.39 is 21.9 Å². The van der Waals surface area contributed by atoms with Gasteiger partial charge in [-0.1, -0.05) is 12.8 Å². The van der Waals surface area contributed by atoms with Crippen LogP contribution in [0, 0.1) is 11.7 Å². The van der Waals surface area contributed by atoms with Crippen molar-refractivity contribution in [1.82, 2.24) is 14.9 Å². The molecule has 1 aromatic rings. The van der Waals surface area contributed by atoms with Gasteiger partial charge >= 0.3 is 0 Å². The van der Waals surface area contributed by atoms with E-state index in [1.165, 1.54) is 16.4 Å². The van der Waals surface area contributed by atoms with Gasteiger partial charge in [0.05, 0.1) is 4.90 Å². The fourth-order valence-corrected chi connectivity index (χ4v) is 6.22. The maximum absolute atomic E-state index is 13.1. The number of amides is 2. The van der Waals surface area contributed by atoms with Crippen molar-refractivity contribution < 1.29 is 22.4 Å². The molecular formula is C22H32FN3O4S2. The van der Waals surface area contributed by atoms with Crippen LogP contribution in [0.15, 0.2) is 29.2 Å². The van der Waals surface area contributed by atoms with Crippen LogP contribution in [0.3, 0.4) is 0 Å². The molecular weight excluding hydrogens is 453 g/mol. The Hall–Kier alpha value is -1.65. The molecule has 1 atom stereocenters. The largest absolute Gasteiger partial charge is 0.352 e. The predicted molar refractivity (Wildman–Crippen MR) is 123 cm³/mol. The van der Waals surface area contributed by atoms with E-state index in [0.29, 0.717) is 19.3 Å². The van der Waals surface area contributed by atoms with Crippen LogP contribution < -0.4 is 10.6 Å². The monoisotopic (exact) mass is 485 g/mol. The highest BCUT2D eigenvalue weighted by atomic mass is 32.2. The quantitative estimate of drug-likeness (QED) is 0.560. The molecule has 1 aliphatic carbocycles. The SMILES string of the molecule is CSCCC(NC(=O)C1CCN(S(=O)(=O)c2ccc(F)cc2)CC1)C(=O)NC1CCCC1. The van der Waals surface area contributed by atoms with Gasteiger partial charge in [-0.2, -0.15) is 16.1 Å². The van der Waals surface area contributed by atoms with Gasteiger partial charge in [-0.05, 0) is 68.4 Å². The van der Waals surface area contributed by atoms with Crippen molar-refractivity contribution >= 4 is 33.6 Å². The van der Waals surface area contributed by atoms with Gasteiger partial charge in [0.1, 0.15) is 11.9 Å². The van der Waals surface area contributed by atoms with E-state index in [-0.39, 0.29) is 41.8 Å². The van der Waals surface area contributed by atoms with Crippen LogP contribution in [0.4, 0.5) is 4.39 Å². The summed E-state index contributed by atoms with van der Waals surface area (Å²) in [6.45, 7) is 0.420. The predicted octanol–water partition coefficient (Wildman–Crippen LogP) is 2.52. The zero-order valence-electron chi connectivity index (χ0n) is 18.4. The number of hydrogen-bond donors (Lipinski definition) is 2. The lowest BCUT2D eigenvalue weighted by atomic mass is 9.96. The fraction of sp³-hybridized carbons (Fsp3) is 0.636. The van der Waals surface area contributed by atoms with Crippen molar-refractivity contribution in [3.05, 3.63) is 30.1 Å². The van der Waals surface area contributed by atoms with Crippen LogP contribution in [0.1, 0.15) is 44.9 Å². The van der Waals surface area contributed by atoms with Crippen molar-refractivity contribution in [3.63, 3.8) is 0 Å². The Balaban J connectivity index is 1.55. The van der Waals surface area contributed by atoms with Crippen molar-refractivity contribution in [2.24, 2.45) is 5.92 Å². The van der Waals surface area contributed by atoms with Gasteiger partial charge in [-0.3, -0.25) is 9.59 Å². The van der Waals surface area contributed by atoms with Gasteiger partial charge < -0.3 is 10.6 Å². The number of halogens is 1. The number of benzene rings is 1. The van der Waals surface area contributed by atoms with E-state index in [0.717, 1.165) is 43.6 Å². The molecule has 2 fully saturated rings. The number of hydrogen-bond acceptors (Lipinski definition) is 5. The van der Waals surface area contributed by atoms with Crippen LogP contribution in [-0.2, 0) is 19.6 Å². The summed E-state index contributed by atoms with van der Waals surface area (Å²) in [5.41, 5.74) is 0. The number of piperidine rings is 1. The van der Waals surface area contributed by atoms with E-state index >= 15 is 0 Å². The summed E-state index contributed by atoms with van der Waals surface area (Å²) >= 11 is 1.63. The van der Waals surface area contributed by atoms with E-state index in [4.69, 9.17) is 0 Å². The molecule has 1 saturated carbocycles. The molecule has 2 aliphatic rings. The summed E-state index contributed by atoms with van der Waals surface area (Å²) in [5.74, 6) is -0.401. The third kappa shape index (κ3) is 6.45. The molecule has 0 aromatic heterocycles. The summed E-state index contributed by atoms with van der Waals surface area (Å²) in [5, 5.41) is 5.98. The number of sulfonamides is 1. The van der Waals surface area contributed by atoms with E-state index in [1.54, 1.807) is 11.8 Å². The first-order chi connectivity index (χ1) is 15.3. The van der Waals surface area contributed by atoms with Crippen molar-refractivity contribution in [2.75, 3.05) is 25.1 Å². The van der Waals surface area contributed by atoms with Crippen molar-refractivity contribution in [3.8, 4) is 0 Å². The highest BCUT2D eigenvalue weighted by Gasteiger charge is 2.34. The Morgan fingerprint density at radius 2 is 1.75 bits per heavy atom. The molecule has 32 heavy (non-hydrogen) atoms. The topological polar surface area (TPSA) is 95.6 Å². The van der Waals surface area contributed by atoms with Crippen LogP contribution in [0.5, 0.6) is 0 Å².